The van der Waals surface area contributed by atoms with E-state index in [-0.39, 0.29) is 51.0 Å². The lowest BCUT2D eigenvalue weighted by atomic mass is 10.1. The fraction of sp³-hybridized carbons (Fsp3) is 0.187. The predicted octanol–water partition coefficient (Wildman–Crippen LogP) is 10.3. The van der Waals surface area contributed by atoms with Gasteiger partial charge in [0.1, 0.15) is 34.0 Å². The molecule has 15 aromatic rings. The number of aromatic nitrogens is 12. The summed E-state index contributed by atoms with van der Waals surface area (Å²) in [4.78, 5) is 87.5. The summed E-state index contributed by atoms with van der Waals surface area (Å²) in [6.45, 7) is 8.88. The first-order valence-corrected chi connectivity index (χ1v) is 32.7. The highest BCUT2D eigenvalue weighted by atomic mass is 19.1. The number of halogens is 3. The summed E-state index contributed by atoms with van der Waals surface area (Å²) < 4.78 is 46.7. The predicted molar refractivity (Wildman–Crippen MR) is 385 cm³/mol. The van der Waals surface area contributed by atoms with Crippen LogP contribution in [0.25, 0.3) is 87.2 Å². The molecule has 0 radical (unpaired) electrons. The molecule has 0 aliphatic rings. The van der Waals surface area contributed by atoms with Crippen molar-refractivity contribution < 1.29 is 27.6 Å². The van der Waals surface area contributed by atoms with Crippen molar-refractivity contribution in [1.29, 1.82) is 0 Å². The molecule has 0 unspecified atom stereocenters. The van der Waals surface area contributed by atoms with Crippen molar-refractivity contribution >= 4 is 105 Å². The molecule has 0 aliphatic heterocycles. The van der Waals surface area contributed by atoms with Crippen LogP contribution in [-0.2, 0) is 26.2 Å². The summed E-state index contributed by atoms with van der Waals surface area (Å²) in [5.41, 5.74) is 14.2. The van der Waals surface area contributed by atoms with Crippen LogP contribution in [-0.4, -0.2) is 103 Å². The van der Waals surface area contributed by atoms with E-state index in [0.29, 0.717) is 115 Å². The number of rotatable bonds is 17. The van der Waals surface area contributed by atoms with Gasteiger partial charge >= 0.3 is 0 Å². The number of nitrogens with one attached hydrogen (secondary N) is 7. The molecular weight excluding hydrogens is 1290 g/mol. The first kappa shape index (κ1) is 68.4. The quantitative estimate of drug-likeness (QED) is 0.0395. The van der Waals surface area contributed by atoms with E-state index in [1.165, 1.54) is 60.7 Å². The molecule has 512 valence electrons. The van der Waals surface area contributed by atoms with Gasteiger partial charge in [-0.3, -0.25) is 54.0 Å². The summed E-state index contributed by atoms with van der Waals surface area (Å²) in [6.07, 6.45) is 3.25. The lowest BCUT2D eigenvalue weighted by Gasteiger charge is -2.12. The molecule has 0 bridgehead atoms. The molecular formula is C75H69F3N16O7. The Morgan fingerprint density at radius 1 is 0.416 bits per heavy atom. The Balaban J connectivity index is 0.000000129. The number of fused-ring (bicyclic) bond motifs is 12. The maximum absolute atomic E-state index is 13.7. The third-order valence-corrected chi connectivity index (χ3v) is 17.3. The minimum absolute atomic E-state index is 0.0144. The van der Waals surface area contributed by atoms with Gasteiger partial charge in [0.25, 0.3) is 40.0 Å². The number of benzene rings is 7. The standard InChI is InChI=1S/3C21H19FN4O2.C12H12N4O/c1-13-18-19(25-24-13)15-8-3-5-10-17(15)26(21(18)28)12-6-11-23-20(27)14-7-2-4-9-16(14)22;1-13-18-19(25-24-13)16-8-2-3-9-17(16)26(21(18)28)11-5-10-23-20(27)14-6-4-7-15(22)12-14;1-13-18-19(25-24-13)16-5-2-3-6-17(16)26(21(18)28)12-4-11-23-20(27)14-7-9-15(22)10-8-14;13-5-6-16-10-4-2-1-3-8(10)11-9(12(16)17)7-14-15-11/h2-5,7-10H,6,11-12H2,1H3,(H,23,27)(H,24,25);2-4,6-9,12H,5,10-11H2,1H3,(H,23,27)(H,24,25);2-3,5-10H,4,11-12H2,1H3,(H,23,27)(H,24,25);1-4,7H,5-6,13H2,(H,14,15). The highest BCUT2D eigenvalue weighted by Crippen LogP contribution is 2.27. The van der Waals surface area contributed by atoms with E-state index in [1.54, 1.807) is 36.6 Å². The van der Waals surface area contributed by atoms with Gasteiger partial charge in [-0.2, -0.15) is 20.4 Å². The number of aryl methyl sites for hydroxylation is 6. The van der Waals surface area contributed by atoms with E-state index in [9.17, 15) is 46.7 Å². The van der Waals surface area contributed by atoms with Crippen molar-refractivity contribution in [3.63, 3.8) is 0 Å². The van der Waals surface area contributed by atoms with E-state index < -0.39 is 17.5 Å². The van der Waals surface area contributed by atoms with Crippen molar-refractivity contribution in [3.8, 4) is 0 Å². The minimum Gasteiger partial charge on any atom is -0.352 e. The Bertz CT molecular complexity index is 5870. The van der Waals surface area contributed by atoms with Gasteiger partial charge < -0.3 is 40.0 Å². The Labute approximate surface area is 571 Å². The number of pyridine rings is 4. The van der Waals surface area contributed by atoms with E-state index in [0.717, 1.165) is 66.2 Å². The second-order valence-electron chi connectivity index (χ2n) is 23.9. The lowest BCUT2D eigenvalue weighted by molar-refractivity contribution is 0.0941. The van der Waals surface area contributed by atoms with Crippen molar-refractivity contribution in [2.75, 3.05) is 26.2 Å². The molecule has 7 aromatic carbocycles. The van der Waals surface area contributed by atoms with Crippen LogP contribution in [0.5, 0.6) is 0 Å². The van der Waals surface area contributed by atoms with Gasteiger partial charge in [0, 0.05) is 102 Å². The van der Waals surface area contributed by atoms with Crippen LogP contribution in [0.1, 0.15) is 67.4 Å². The fourth-order valence-corrected chi connectivity index (χ4v) is 12.5. The van der Waals surface area contributed by atoms with E-state index in [2.05, 4.69) is 56.7 Å². The average Bonchev–Trinajstić information content (AvgIpc) is 1.74. The van der Waals surface area contributed by atoms with E-state index >= 15 is 0 Å². The van der Waals surface area contributed by atoms with Crippen molar-refractivity contribution in [2.45, 2.75) is 66.2 Å². The van der Waals surface area contributed by atoms with Crippen molar-refractivity contribution in [1.82, 2.24) is 75.0 Å². The fourth-order valence-electron chi connectivity index (χ4n) is 12.5. The summed E-state index contributed by atoms with van der Waals surface area (Å²) in [7, 11) is 0. The number of para-hydroxylation sites is 4. The van der Waals surface area contributed by atoms with Gasteiger partial charge in [-0.1, -0.05) is 91.0 Å². The van der Waals surface area contributed by atoms with Crippen molar-refractivity contribution in [2.24, 2.45) is 5.73 Å². The maximum atomic E-state index is 13.7. The summed E-state index contributed by atoms with van der Waals surface area (Å²) in [5, 5.41) is 42.7. The Kier molecular flexibility index (Phi) is 20.6. The summed E-state index contributed by atoms with van der Waals surface area (Å²) in [6, 6.07) is 47.5. The van der Waals surface area contributed by atoms with E-state index in [1.807, 2.05) is 118 Å². The second kappa shape index (κ2) is 30.5. The number of nitrogens with two attached hydrogens (primary N) is 1. The van der Waals surface area contributed by atoms with Crippen LogP contribution < -0.4 is 43.9 Å². The van der Waals surface area contributed by atoms with Crippen LogP contribution in [0.4, 0.5) is 13.2 Å². The molecule has 3 amide bonds. The average molecular weight is 1360 g/mol. The van der Waals surface area contributed by atoms with E-state index in [4.69, 9.17) is 5.73 Å². The smallest absolute Gasteiger partial charge is 0.262 e. The number of hydrogen-bond donors (Lipinski definition) is 8. The number of aromatic amines is 4. The molecule has 0 atom stereocenters. The zero-order chi connectivity index (χ0) is 70.8. The summed E-state index contributed by atoms with van der Waals surface area (Å²) in [5.74, 6) is -2.45. The maximum Gasteiger partial charge on any atom is 0.262 e. The molecule has 101 heavy (non-hydrogen) atoms. The number of carbonyl (C=O) groups is 3. The molecule has 8 aromatic heterocycles. The second-order valence-corrected chi connectivity index (χ2v) is 23.9. The largest absolute Gasteiger partial charge is 0.352 e. The highest BCUT2D eigenvalue weighted by Gasteiger charge is 2.20. The highest BCUT2D eigenvalue weighted by molar-refractivity contribution is 6.07. The zero-order valence-electron chi connectivity index (χ0n) is 55.2. The third kappa shape index (κ3) is 14.3. The molecule has 23 nitrogen and oxygen atoms in total. The SMILES string of the molecule is Cc1[nH]nc2c1c(=O)n(CCCNC(=O)c1ccc(F)cc1)c1ccccc21.Cc1[nH]nc2c1c(=O)n(CCCNC(=O)c1cccc(F)c1)c1ccccc21.Cc1[nH]nc2c1c(=O)n(CCCNC(=O)c1ccccc1F)c1ccccc21.NCCn1c(=O)c2cn[nH]c2c2ccccc21. The molecule has 8 heterocycles. The number of hydrogen-bond acceptors (Lipinski definition) is 12. The first-order chi connectivity index (χ1) is 49.0. The summed E-state index contributed by atoms with van der Waals surface area (Å²) >= 11 is 0. The normalized spacial score (nSPS) is 11.2. The number of carbonyl (C=O) groups excluding carboxylic acids is 3. The molecule has 9 N–H and O–H groups in total. The van der Waals surface area contributed by atoms with Crippen LogP contribution >= 0.6 is 0 Å². The van der Waals surface area contributed by atoms with Crippen molar-refractivity contribution in [3.05, 3.63) is 269 Å². The van der Waals surface area contributed by atoms with Crippen LogP contribution in [0.15, 0.2) is 195 Å². The molecule has 0 saturated carbocycles. The van der Waals surface area contributed by atoms with Gasteiger partial charge in [-0.25, -0.2) is 13.2 Å². The first-order valence-electron chi connectivity index (χ1n) is 32.7. The van der Waals surface area contributed by atoms with Crippen LogP contribution in [0, 0.1) is 38.2 Å². The molecule has 26 heteroatoms. The lowest BCUT2D eigenvalue weighted by Crippen LogP contribution is -2.28. The van der Waals surface area contributed by atoms with Gasteiger partial charge in [0.2, 0.25) is 0 Å². The number of H-pyrrole nitrogens is 4. The molecule has 15 rings (SSSR count). The van der Waals surface area contributed by atoms with Gasteiger partial charge in [0.15, 0.2) is 0 Å². The topological polar surface area (TPSA) is 316 Å². The van der Waals surface area contributed by atoms with Crippen LogP contribution in [0.2, 0.25) is 0 Å². The molecule has 0 aliphatic carbocycles. The number of nitrogens with zero attached hydrogens (tertiary/aromatic N) is 8. The molecule has 0 fully saturated rings. The zero-order valence-corrected chi connectivity index (χ0v) is 55.2. The molecule has 0 spiro atoms. The van der Waals surface area contributed by atoms with Gasteiger partial charge in [-0.05, 0) is 119 Å². The third-order valence-electron chi connectivity index (χ3n) is 17.3. The van der Waals surface area contributed by atoms with Gasteiger partial charge in [0.05, 0.1) is 60.9 Å². The van der Waals surface area contributed by atoms with Gasteiger partial charge in [-0.15, -0.1) is 0 Å². The number of amides is 3. The van der Waals surface area contributed by atoms with Crippen LogP contribution in [0.3, 0.4) is 0 Å². The Morgan fingerprint density at radius 2 is 0.822 bits per heavy atom. The Morgan fingerprint density at radius 3 is 1.28 bits per heavy atom. The Hall–Kier alpha value is -12.6. The monoisotopic (exact) mass is 1360 g/mol. The minimum atomic E-state index is -0.553. The molecule has 0 saturated heterocycles.